The van der Waals surface area contributed by atoms with Crippen molar-refractivity contribution in [3.05, 3.63) is 48.3 Å². The molecule has 2 aliphatic rings. The molecule has 2 fully saturated rings. The Labute approximate surface area is 172 Å². The van der Waals surface area contributed by atoms with Crippen molar-refractivity contribution >= 4 is 5.91 Å². The fourth-order valence-corrected chi connectivity index (χ4v) is 4.05. The van der Waals surface area contributed by atoms with E-state index in [0.717, 1.165) is 77.6 Å². The quantitative estimate of drug-likeness (QED) is 0.770. The van der Waals surface area contributed by atoms with Crippen LogP contribution in [0.15, 0.2) is 42.7 Å². The Morgan fingerprint density at radius 3 is 2.38 bits per heavy atom. The third-order valence-electron chi connectivity index (χ3n) is 5.99. The maximum absolute atomic E-state index is 12.5. The number of nitrogens with zero attached hydrogens (tertiary/aromatic N) is 4. The van der Waals surface area contributed by atoms with Crippen LogP contribution in [0, 0.1) is 5.92 Å². The zero-order chi connectivity index (χ0) is 19.9. The number of carbonyl (C=O) groups excluding carboxylic acids is 1. The van der Waals surface area contributed by atoms with Gasteiger partial charge in [-0.15, -0.1) is 0 Å². The summed E-state index contributed by atoms with van der Waals surface area (Å²) in [4.78, 5) is 17.5. The predicted molar refractivity (Wildman–Crippen MR) is 112 cm³/mol. The molecule has 0 atom stereocenters. The molecular weight excluding hydrogens is 366 g/mol. The van der Waals surface area contributed by atoms with Crippen molar-refractivity contribution in [2.45, 2.75) is 12.8 Å². The molecule has 1 N–H and O–H groups in total. The van der Waals surface area contributed by atoms with Crippen LogP contribution in [-0.2, 0) is 4.74 Å². The molecule has 4 rings (SSSR count). The van der Waals surface area contributed by atoms with Crippen LogP contribution in [0.4, 0.5) is 0 Å². The number of rotatable bonds is 7. The number of aromatic nitrogens is 2. The Morgan fingerprint density at radius 2 is 1.72 bits per heavy atom. The van der Waals surface area contributed by atoms with Crippen LogP contribution in [0.2, 0.25) is 0 Å². The first kappa shape index (κ1) is 20.1. The fourth-order valence-electron chi connectivity index (χ4n) is 4.05. The number of carbonyl (C=O) groups is 1. The van der Waals surface area contributed by atoms with Gasteiger partial charge in [0.05, 0.1) is 18.9 Å². The van der Waals surface area contributed by atoms with E-state index in [2.05, 4.69) is 20.2 Å². The Hall–Kier alpha value is -2.22. The van der Waals surface area contributed by atoms with Gasteiger partial charge in [0.2, 0.25) is 0 Å². The minimum absolute atomic E-state index is 0.00626. The SMILES string of the molecule is O=C(NCC1CCN(CCN2CCOCC2)CC1)c1ccc(-n2cccn2)cc1. The molecule has 7 nitrogen and oxygen atoms in total. The largest absolute Gasteiger partial charge is 0.379 e. The molecule has 1 amide bonds. The minimum atomic E-state index is 0.00626. The summed E-state index contributed by atoms with van der Waals surface area (Å²) < 4.78 is 7.20. The van der Waals surface area contributed by atoms with Crippen molar-refractivity contribution in [2.75, 3.05) is 59.0 Å². The van der Waals surface area contributed by atoms with E-state index in [1.165, 1.54) is 0 Å². The van der Waals surface area contributed by atoms with Crippen LogP contribution in [0.1, 0.15) is 23.2 Å². The van der Waals surface area contributed by atoms with Crippen LogP contribution in [0.25, 0.3) is 5.69 Å². The maximum Gasteiger partial charge on any atom is 0.251 e. The summed E-state index contributed by atoms with van der Waals surface area (Å²) in [5.74, 6) is 0.577. The summed E-state index contributed by atoms with van der Waals surface area (Å²) in [6.07, 6.45) is 5.94. The van der Waals surface area contributed by atoms with Gasteiger partial charge >= 0.3 is 0 Å². The average Bonchev–Trinajstić information content (AvgIpc) is 3.33. The van der Waals surface area contributed by atoms with Gasteiger partial charge in [0.1, 0.15) is 0 Å². The van der Waals surface area contributed by atoms with Crippen LogP contribution in [0.5, 0.6) is 0 Å². The zero-order valence-electron chi connectivity index (χ0n) is 17.0. The molecule has 1 aromatic heterocycles. The highest BCUT2D eigenvalue weighted by Crippen LogP contribution is 2.17. The standard InChI is InChI=1S/C22H31N5O2/c28-22(20-2-4-21(5-3-20)27-9-1-8-24-27)23-18-19-6-10-25(11-7-19)12-13-26-14-16-29-17-15-26/h1-5,8-9,19H,6-7,10-18H2,(H,23,28). The van der Waals surface area contributed by atoms with Crippen LogP contribution < -0.4 is 5.32 Å². The van der Waals surface area contributed by atoms with Crippen LogP contribution in [-0.4, -0.2) is 84.5 Å². The molecule has 0 bridgehead atoms. The summed E-state index contributed by atoms with van der Waals surface area (Å²) >= 11 is 0. The molecule has 2 saturated heterocycles. The van der Waals surface area contributed by atoms with E-state index in [1.807, 2.05) is 36.5 Å². The molecule has 2 aliphatic heterocycles. The Balaban J connectivity index is 1.16. The van der Waals surface area contributed by atoms with Gasteiger partial charge in [0.25, 0.3) is 5.91 Å². The molecule has 0 spiro atoms. The van der Waals surface area contributed by atoms with Crippen molar-refractivity contribution in [3.8, 4) is 5.69 Å². The molecular formula is C22H31N5O2. The number of hydrogen-bond acceptors (Lipinski definition) is 5. The summed E-state index contributed by atoms with van der Waals surface area (Å²) in [6, 6.07) is 9.46. The number of morpholine rings is 1. The van der Waals surface area contributed by atoms with Gasteiger partial charge in [0.15, 0.2) is 0 Å². The van der Waals surface area contributed by atoms with Crippen molar-refractivity contribution in [3.63, 3.8) is 0 Å². The number of benzene rings is 1. The smallest absolute Gasteiger partial charge is 0.251 e. The maximum atomic E-state index is 12.5. The van der Waals surface area contributed by atoms with Crippen molar-refractivity contribution < 1.29 is 9.53 Å². The summed E-state index contributed by atoms with van der Waals surface area (Å²) in [5.41, 5.74) is 1.65. The number of amides is 1. The highest BCUT2D eigenvalue weighted by Gasteiger charge is 2.20. The number of ether oxygens (including phenoxy) is 1. The molecule has 29 heavy (non-hydrogen) atoms. The lowest BCUT2D eigenvalue weighted by Crippen LogP contribution is -2.44. The monoisotopic (exact) mass is 397 g/mol. The van der Waals surface area contributed by atoms with E-state index < -0.39 is 0 Å². The van der Waals surface area contributed by atoms with E-state index in [0.29, 0.717) is 11.5 Å². The molecule has 0 radical (unpaired) electrons. The third-order valence-corrected chi connectivity index (χ3v) is 5.99. The first-order valence-corrected chi connectivity index (χ1v) is 10.7. The van der Waals surface area contributed by atoms with Gasteiger partial charge in [0, 0.05) is 50.7 Å². The molecule has 2 aromatic rings. The van der Waals surface area contributed by atoms with E-state index in [-0.39, 0.29) is 5.91 Å². The summed E-state index contributed by atoms with van der Waals surface area (Å²) in [6.45, 7) is 9.16. The van der Waals surface area contributed by atoms with Crippen molar-refractivity contribution in [1.29, 1.82) is 0 Å². The zero-order valence-corrected chi connectivity index (χ0v) is 17.0. The molecule has 0 saturated carbocycles. The highest BCUT2D eigenvalue weighted by atomic mass is 16.5. The van der Waals surface area contributed by atoms with E-state index in [4.69, 9.17) is 4.74 Å². The molecule has 7 heteroatoms. The predicted octanol–water partition coefficient (Wildman–Crippen LogP) is 1.65. The fraction of sp³-hybridized carbons (Fsp3) is 0.545. The molecule has 156 valence electrons. The normalized spacial score (nSPS) is 19.3. The first-order chi connectivity index (χ1) is 14.3. The van der Waals surface area contributed by atoms with Gasteiger partial charge in [-0.2, -0.15) is 5.10 Å². The highest BCUT2D eigenvalue weighted by molar-refractivity contribution is 5.94. The van der Waals surface area contributed by atoms with Gasteiger partial charge in [-0.3, -0.25) is 9.69 Å². The number of piperidine rings is 1. The lowest BCUT2D eigenvalue weighted by Gasteiger charge is -2.34. The number of nitrogens with one attached hydrogen (secondary N) is 1. The molecule has 3 heterocycles. The molecule has 1 aromatic carbocycles. The Bertz CT molecular complexity index is 748. The molecule has 0 aliphatic carbocycles. The number of likely N-dealkylation sites (tertiary alicyclic amines) is 1. The summed E-state index contributed by atoms with van der Waals surface area (Å²) in [7, 11) is 0. The van der Waals surface area contributed by atoms with Crippen LogP contribution >= 0.6 is 0 Å². The van der Waals surface area contributed by atoms with E-state index in [1.54, 1.807) is 10.9 Å². The second kappa shape index (κ2) is 10.0. The lowest BCUT2D eigenvalue weighted by molar-refractivity contribution is 0.0314. The van der Waals surface area contributed by atoms with Gasteiger partial charge in [-0.1, -0.05) is 0 Å². The Morgan fingerprint density at radius 1 is 1.03 bits per heavy atom. The van der Waals surface area contributed by atoms with E-state index >= 15 is 0 Å². The van der Waals surface area contributed by atoms with E-state index in [9.17, 15) is 4.79 Å². The van der Waals surface area contributed by atoms with Crippen molar-refractivity contribution in [2.24, 2.45) is 5.92 Å². The topological polar surface area (TPSA) is 62.6 Å². The Kier molecular flexibility index (Phi) is 6.92. The summed E-state index contributed by atoms with van der Waals surface area (Å²) in [5, 5.41) is 7.33. The molecule has 0 unspecified atom stereocenters. The number of hydrogen-bond donors (Lipinski definition) is 1. The van der Waals surface area contributed by atoms with Crippen LogP contribution in [0.3, 0.4) is 0 Å². The van der Waals surface area contributed by atoms with Crippen molar-refractivity contribution in [1.82, 2.24) is 24.9 Å². The minimum Gasteiger partial charge on any atom is -0.379 e. The third kappa shape index (κ3) is 5.65. The second-order valence-corrected chi connectivity index (χ2v) is 7.95. The second-order valence-electron chi connectivity index (χ2n) is 7.95. The average molecular weight is 398 g/mol. The first-order valence-electron chi connectivity index (χ1n) is 10.7. The van der Waals surface area contributed by atoms with Gasteiger partial charge in [-0.05, 0) is 62.2 Å². The van der Waals surface area contributed by atoms with Gasteiger partial charge < -0.3 is 15.0 Å². The lowest BCUT2D eigenvalue weighted by atomic mass is 9.96. The van der Waals surface area contributed by atoms with Gasteiger partial charge in [-0.25, -0.2) is 4.68 Å².